The van der Waals surface area contributed by atoms with E-state index in [0.717, 1.165) is 12.0 Å². The third kappa shape index (κ3) is 3.26. The molecule has 0 radical (unpaired) electrons. The monoisotopic (exact) mass is 321 g/mol. The zero-order valence-electron chi connectivity index (χ0n) is 10.5. The Morgan fingerprint density at radius 3 is 2.74 bits per heavy atom. The van der Waals surface area contributed by atoms with Gasteiger partial charge >= 0.3 is 0 Å². The first-order valence-corrected chi connectivity index (χ1v) is 6.82. The molecule has 0 aliphatic rings. The summed E-state index contributed by atoms with van der Waals surface area (Å²) in [6, 6.07) is 8.46. The van der Waals surface area contributed by atoms with Crippen LogP contribution in [0, 0.1) is 5.82 Å². The number of rotatable bonds is 4. The van der Waals surface area contributed by atoms with Crippen LogP contribution in [0.5, 0.6) is 0 Å². The largest absolute Gasteiger partial charge is 0.294 e. The number of benzene rings is 1. The highest BCUT2D eigenvalue weighted by Gasteiger charge is 2.14. The molecule has 0 fully saturated rings. The summed E-state index contributed by atoms with van der Waals surface area (Å²) in [5.74, 6) is -0.784. The molecule has 0 amide bonds. The molecule has 0 N–H and O–H groups in total. The van der Waals surface area contributed by atoms with Crippen molar-refractivity contribution in [3.8, 4) is 0 Å². The van der Waals surface area contributed by atoms with Gasteiger partial charge in [0.1, 0.15) is 5.82 Å². The molecule has 0 aliphatic carbocycles. The smallest absolute Gasteiger partial charge is 0.171 e. The number of carbonyl (C=O) groups excluding carboxylic acids is 1. The predicted octanol–water partition coefficient (Wildman–Crippen LogP) is 3.97. The van der Waals surface area contributed by atoms with Gasteiger partial charge in [0.05, 0.1) is 16.5 Å². The van der Waals surface area contributed by atoms with Gasteiger partial charge in [0.15, 0.2) is 5.78 Å². The van der Waals surface area contributed by atoms with Gasteiger partial charge in [0.25, 0.3) is 0 Å². The highest BCUT2D eigenvalue weighted by Crippen LogP contribution is 2.19. The minimum atomic E-state index is -0.516. The Morgan fingerprint density at radius 2 is 2.11 bits per heavy atom. The van der Waals surface area contributed by atoms with Crippen LogP contribution in [0.1, 0.15) is 28.5 Å². The molecule has 2 nitrogen and oxygen atoms in total. The van der Waals surface area contributed by atoms with E-state index in [0.29, 0.717) is 10.2 Å². The van der Waals surface area contributed by atoms with Gasteiger partial charge in [-0.25, -0.2) is 4.39 Å². The fourth-order valence-electron chi connectivity index (χ4n) is 1.75. The van der Waals surface area contributed by atoms with Crippen molar-refractivity contribution in [2.24, 2.45) is 0 Å². The molecule has 1 aromatic heterocycles. The van der Waals surface area contributed by atoms with Gasteiger partial charge in [-0.05, 0) is 46.1 Å². The van der Waals surface area contributed by atoms with Crippen molar-refractivity contribution < 1.29 is 9.18 Å². The van der Waals surface area contributed by atoms with Crippen molar-refractivity contribution in [2.75, 3.05) is 0 Å². The Kier molecular flexibility index (Phi) is 4.43. The maximum absolute atomic E-state index is 13.8. The fourth-order valence-corrected chi connectivity index (χ4v) is 2.11. The van der Waals surface area contributed by atoms with Crippen LogP contribution < -0.4 is 0 Å². The van der Waals surface area contributed by atoms with Gasteiger partial charge in [-0.1, -0.05) is 19.1 Å². The molecule has 2 rings (SSSR count). The summed E-state index contributed by atoms with van der Waals surface area (Å²) in [5.41, 5.74) is 1.86. The quantitative estimate of drug-likeness (QED) is 0.797. The molecule has 0 aliphatic heterocycles. The average Bonchev–Trinajstić information content (AvgIpc) is 2.42. The summed E-state index contributed by atoms with van der Waals surface area (Å²) >= 11 is 3.08. The Hall–Kier alpha value is -1.55. The molecule has 0 unspecified atom stereocenters. The predicted molar refractivity (Wildman–Crippen MR) is 75.7 cm³/mol. The molecule has 1 heterocycles. The Labute approximate surface area is 119 Å². The van der Waals surface area contributed by atoms with Gasteiger partial charge in [-0.15, -0.1) is 0 Å². The highest BCUT2D eigenvalue weighted by molar-refractivity contribution is 9.10. The molecule has 2 aromatic rings. The Bertz CT molecular complexity index is 596. The van der Waals surface area contributed by atoms with Gasteiger partial charge in [0, 0.05) is 11.9 Å². The number of halogens is 2. The summed E-state index contributed by atoms with van der Waals surface area (Å²) in [6.45, 7) is 2.04. The molecule has 4 heteroatoms. The number of nitrogens with zero attached hydrogens (tertiary/aromatic N) is 1. The van der Waals surface area contributed by atoms with Crippen molar-refractivity contribution in [1.82, 2.24) is 4.98 Å². The van der Waals surface area contributed by atoms with Crippen LogP contribution in [0.3, 0.4) is 0 Å². The average molecular weight is 322 g/mol. The third-order valence-electron chi connectivity index (χ3n) is 2.89. The summed E-state index contributed by atoms with van der Waals surface area (Å²) in [6.07, 6.45) is 2.76. The van der Waals surface area contributed by atoms with Crippen LogP contribution in [0.2, 0.25) is 0 Å². The lowest BCUT2D eigenvalue weighted by Crippen LogP contribution is -2.07. The standard InChI is InChI=1S/C15H13BrFNO/c1-2-10-6-7-11(18-9-10)8-14(19)12-4-3-5-13(16)15(12)17/h3-7,9H,2,8H2,1H3. The van der Waals surface area contributed by atoms with Crippen LogP contribution >= 0.6 is 15.9 Å². The zero-order chi connectivity index (χ0) is 13.8. The number of Topliss-reactive ketones (excluding diaryl/α,β-unsaturated/α-hetero) is 1. The van der Waals surface area contributed by atoms with Crippen LogP contribution in [-0.4, -0.2) is 10.8 Å². The molecule has 0 bridgehead atoms. The lowest BCUT2D eigenvalue weighted by Gasteiger charge is -2.04. The van der Waals surface area contributed by atoms with E-state index in [-0.39, 0.29) is 17.8 Å². The minimum Gasteiger partial charge on any atom is -0.294 e. The number of hydrogen-bond acceptors (Lipinski definition) is 2. The van der Waals surface area contributed by atoms with Gasteiger partial charge in [0.2, 0.25) is 0 Å². The topological polar surface area (TPSA) is 30.0 Å². The minimum absolute atomic E-state index is 0.0933. The third-order valence-corrected chi connectivity index (χ3v) is 3.50. The Balaban J connectivity index is 2.18. The van der Waals surface area contributed by atoms with Crippen molar-refractivity contribution in [2.45, 2.75) is 19.8 Å². The molecule has 0 spiro atoms. The van der Waals surface area contributed by atoms with E-state index in [1.54, 1.807) is 18.3 Å². The van der Waals surface area contributed by atoms with Crippen LogP contribution in [0.25, 0.3) is 0 Å². The number of carbonyl (C=O) groups is 1. The first kappa shape index (κ1) is 13.9. The SMILES string of the molecule is CCc1ccc(CC(=O)c2cccc(Br)c2F)nc1. The summed E-state index contributed by atoms with van der Waals surface area (Å²) in [7, 11) is 0. The number of ketones is 1. The lowest BCUT2D eigenvalue weighted by molar-refractivity contribution is 0.0988. The van der Waals surface area contributed by atoms with E-state index < -0.39 is 5.82 Å². The number of hydrogen-bond donors (Lipinski definition) is 0. The molecule has 98 valence electrons. The van der Waals surface area contributed by atoms with Crippen molar-refractivity contribution >= 4 is 21.7 Å². The molecule has 0 atom stereocenters. The lowest BCUT2D eigenvalue weighted by atomic mass is 10.1. The Morgan fingerprint density at radius 1 is 1.32 bits per heavy atom. The van der Waals surface area contributed by atoms with Gasteiger partial charge in [-0.2, -0.15) is 0 Å². The van der Waals surface area contributed by atoms with Crippen molar-refractivity contribution in [3.05, 3.63) is 63.6 Å². The van der Waals surface area contributed by atoms with E-state index in [2.05, 4.69) is 20.9 Å². The zero-order valence-corrected chi connectivity index (χ0v) is 12.1. The molecular formula is C15H13BrFNO. The van der Waals surface area contributed by atoms with E-state index in [4.69, 9.17) is 0 Å². The summed E-state index contributed by atoms with van der Waals surface area (Å²) in [5, 5.41) is 0. The summed E-state index contributed by atoms with van der Waals surface area (Å²) in [4.78, 5) is 16.3. The fraction of sp³-hybridized carbons (Fsp3) is 0.200. The van der Waals surface area contributed by atoms with Gasteiger partial charge in [-0.3, -0.25) is 9.78 Å². The molecular weight excluding hydrogens is 309 g/mol. The van der Waals surface area contributed by atoms with E-state index in [1.165, 1.54) is 6.07 Å². The maximum Gasteiger partial charge on any atom is 0.171 e. The summed E-state index contributed by atoms with van der Waals surface area (Å²) < 4.78 is 14.1. The normalized spacial score (nSPS) is 10.5. The number of pyridine rings is 1. The molecule has 0 saturated carbocycles. The number of aromatic nitrogens is 1. The first-order valence-electron chi connectivity index (χ1n) is 6.03. The van der Waals surface area contributed by atoms with Gasteiger partial charge < -0.3 is 0 Å². The van der Waals surface area contributed by atoms with E-state index in [1.807, 2.05) is 19.1 Å². The number of aryl methyl sites for hydroxylation is 1. The second-order valence-corrected chi connectivity index (χ2v) is 5.07. The second kappa shape index (κ2) is 6.06. The van der Waals surface area contributed by atoms with Crippen molar-refractivity contribution in [1.29, 1.82) is 0 Å². The van der Waals surface area contributed by atoms with E-state index >= 15 is 0 Å². The molecule has 0 saturated heterocycles. The molecule has 1 aromatic carbocycles. The maximum atomic E-state index is 13.8. The van der Waals surface area contributed by atoms with Crippen molar-refractivity contribution in [3.63, 3.8) is 0 Å². The second-order valence-electron chi connectivity index (χ2n) is 4.21. The molecule has 19 heavy (non-hydrogen) atoms. The van der Waals surface area contributed by atoms with E-state index in [9.17, 15) is 9.18 Å². The van der Waals surface area contributed by atoms with Crippen LogP contribution in [-0.2, 0) is 12.8 Å². The highest BCUT2D eigenvalue weighted by atomic mass is 79.9. The van der Waals surface area contributed by atoms with Crippen LogP contribution in [0.4, 0.5) is 4.39 Å². The van der Waals surface area contributed by atoms with Crippen LogP contribution in [0.15, 0.2) is 41.0 Å². The first-order chi connectivity index (χ1) is 9.11.